The van der Waals surface area contributed by atoms with Gasteiger partial charge in [0.15, 0.2) is 0 Å². The van der Waals surface area contributed by atoms with E-state index in [1.165, 1.54) is 24.3 Å². The molecule has 1 aromatic carbocycles. The van der Waals surface area contributed by atoms with Gasteiger partial charge in [0, 0.05) is 38.3 Å². The van der Waals surface area contributed by atoms with Crippen molar-refractivity contribution in [2.75, 3.05) is 13.1 Å². The van der Waals surface area contributed by atoms with Gasteiger partial charge < -0.3 is 14.7 Å². The number of carbonyl (C=O) groups is 2. The number of piperidine rings is 1. The lowest BCUT2D eigenvalue weighted by molar-refractivity contribution is -0.161. The Morgan fingerprint density at radius 1 is 1.19 bits per heavy atom. The molecule has 0 atom stereocenters. The van der Waals surface area contributed by atoms with Crippen molar-refractivity contribution in [2.45, 2.75) is 24.9 Å². The molecular formula is C19H19FN2O4. The van der Waals surface area contributed by atoms with Crippen LogP contribution < -0.4 is 4.74 Å². The van der Waals surface area contributed by atoms with Crippen molar-refractivity contribution in [1.82, 2.24) is 9.88 Å². The summed E-state index contributed by atoms with van der Waals surface area (Å²) < 4.78 is 18.7. The number of aliphatic carboxylic acids is 1. The fourth-order valence-corrected chi connectivity index (χ4v) is 2.99. The topological polar surface area (TPSA) is 79.7 Å². The minimum atomic E-state index is -1.41. The first-order valence-electron chi connectivity index (χ1n) is 8.33. The number of hydrogen-bond acceptors (Lipinski definition) is 4. The summed E-state index contributed by atoms with van der Waals surface area (Å²) in [6.07, 6.45) is 3.84. The molecule has 0 unspecified atom stereocenters. The fourth-order valence-electron chi connectivity index (χ4n) is 2.99. The number of aromatic nitrogens is 1. The van der Waals surface area contributed by atoms with E-state index in [0.717, 1.165) is 5.56 Å². The molecule has 6 nitrogen and oxygen atoms in total. The second-order valence-electron chi connectivity index (χ2n) is 6.27. The van der Waals surface area contributed by atoms with E-state index in [0.29, 0.717) is 5.75 Å². The van der Waals surface area contributed by atoms with Crippen LogP contribution >= 0.6 is 0 Å². The summed E-state index contributed by atoms with van der Waals surface area (Å²) >= 11 is 0. The van der Waals surface area contributed by atoms with E-state index in [9.17, 15) is 19.1 Å². The lowest BCUT2D eigenvalue weighted by atomic mass is 9.90. The number of carboxylic acid groups (broad SMARTS) is 1. The number of hydrogen-bond donors (Lipinski definition) is 1. The molecule has 1 aromatic heterocycles. The molecule has 3 rings (SSSR count). The number of amides is 1. The van der Waals surface area contributed by atoms with Crippen molar-refractivity contribution >= 4 is 11.9 Å². The average Bonchev–Trinajstić information content (AvgIpc) is 2.65. The number of benzene rings is 1. The van der Waals surface area contributed by atoms with Gasteiger partial charge in [0.2, 0.25) is 11.5 Å². The first-order valence-corrected chi connectivity index (χ1v) is 8.33. The molecule has 2 aromatic rings. The molecule has 1 aliphatic rings. The predicted octanol–water partition coefficient (Wildman–Crippen LogP) is 2.29. The van der Waals surface area contributed by atoms with E-state index in [4.69, 9.17) is 4.74 Å². The van der Waals surface area contributed by atoms with Crippen molar-refractivity contribution < 1.29 is 23.8 Å². The van der Waals surface area contributed by atoms with Crippen molar-refractivity contribution in [3.63, 3.8) is 0 Å². The third-order valence-electron chi connectivity index (χ3n) is 4.52. The van der Waals surface area contributed by atoms with Gasteiger partial charge in [-0.25, -0.2) is 9.18 Å². The van der Waals surface area contributed by atoms with Gasteiger partial charge >= 0.3 is 5.97 Å². The van der Waals surface area contributed by atoms with Crippen LogP contribution in [0.4, 0.5) is 4.39 Å². The third kappa shape index (κ3) is 3.99. The normalized spacial score (nSPS) is 16.1. The van der Waals surface area contributed by atoms with Crippen LogP contribution in [0.15, 0.2) is 48.8 Å². The lowest BCUT2D eigenvalue weighted by Gasteiger charge is -2.39. The summed E-state index contributed by atoms with van der Waals surface area (Å²) in [7, 11) is 0. The van der Waals surface area contributed by atoms with Gasteiger partial charge in [-0.2, -0.15) is 0 Å². The maximum absolute atomic E-state index is 13.0. The Kier molecular flexibility index (Phi) is 5.16. The summed E-state index contributed by atoms with van der Waals surface area (Å²) in [5.74, 6) is -1.28. The Labute approximate surface area is 150 Å². The number of carbonyl (C=O) groups excluding carboxylic acids is 1. The van der Waals surface area contributed by atoms with Crippen molar-refractivity contribution in [1.29, 1.82) is 0 Å². The number of rotatable bonds is 5. The van der Waals surface area contributed by atoms with E-state index >= 15 is 0 Å². The summed E-state index contributed by atoms with van der Waals surface area (Å²) in [4.78, 5) is 29.8. The summed E-state index contributed by atoms with van der Waals surface area (Å²) in [6, 6.07) is 8.84. The van der Waals surface area contributed by atoms with Crippen LogP contribution in [0.25, 0.3) is 0 Å². The average molecular weight is 358 g/mol. The number of halogens is 1. The first kappa shape index (κ1) is 17.8. The Bertz CT molecular complexity index is 772. The number of likely N-dealkylation sites (tertiary alicyclic amines) is 1. The minimum absolute atomic E-state index is 0.0706. The molecule has 1 amide bonds. The van der Waals surface area contributed by atoms with Gasteiger partial charge in [-0.15, -0.1) is 0 Å². The van der Waals surface area contributed by atoms with Crippen molar-refractivity contribution in [3.05, 3.63) is 60.2 Å². The van der Waals surface area contributed by atoms with Crippen LogP contribution in [0.1, 0.15) is 18.4 Å². The van der Waals surface area contributed by atoms with Gasteiger partial charge in [-0.3, -0.25) is 9.78 Å². The van der Waals surface area contributed by atoms with Crippen LogP contribution in [-0.2, 0) is 16.0 Å². The van der Waals surface area contributed by atoms with Crippen LogP contribution in [0.3, 0.4) is 0 Å². The second kappa shape index (κ2) is 7.51. The van der Waals surface area contributed by atoms with Crippen molar-refractivity contribution in [2.24, 2.45) is 0 Å². The van der Waals surface area contributed by atoms with E-state index in [2.05, 4.69) is 4.98 Å². The zero-order valence-corrected chi connectivity index (χ0v) is 14.1. The Hall–Kier alpha value is -2.96. The quantitative estimate of drug-likeness (QED) is 0.887. The van der Waals surface area contributed by atoms with E-state index in [1.807, 2.05) is 6.07 Å². The Morgan fingerprint density at radius 3 is 2.46 bits per heavy atom. The smallest absolute Gasteiger partial charge is 0.348 e. The van der Waals surface area contributed by atoms with Gasteiger partial charge in [0.1, 0.15) is 11.6 Å². The van der Waals surface area contributed by atoms with Gasteiger partial charge in [0.05, 0.1) is 6.42 Å². The molecule has 0 bridgehead atoms. The predicted molar refractivity (Wildman–Crippen MR) is 91.1 cm³/mol. The molecule has 7 heteroatoms. The molecule has 0 radical (unpaired) electrons. The molecule has 136 valence electrons. The fraction of sp³-hybridized carbons (Fsp3) is 0.316. The number of carboxylic acids is 1. The third-order valence-corrected chi connectivity index (χ3v) is 4.52. The molecule has 1 saturated heterocycles. The van der Waals surface area contributed by atoms with Crippen molar-refractivity contribution in [3.8, 4) is 5.75 Å². The molecule has 1 N–H and O–H groups in total. The molecule has 2 heterocycles. The Balaban J connectivity index is 1.64. The molecule has 26 heavy (non-hydrogen) atoms. The molecule has 0 saturated carbocycles. The summed E-state index contributed by atoms with van der Waals surface area (Å²) in [5.41, 5.74) is -0.599. The zero-order valence-electron chi connectivity index (χ0n) is 14.1. The lowest BCUT2D eigenvalue weighted by Crippen LogP contribution is -2.54. The maximum Gasteiger partial charge on any atom is 0.348 e. The first-order chi connectivity index (χ1) is 12.5. The Morgan fingerprint density at radius 2 is 1.88 bits per heavy atom. The molecular weight excluding hydrogens is 339 g/mol. The summed E-state index contributed by atoms with van der Waals surface area (Å²) in [6.45, 7) is 0.569. The van der Waals surface area contributed by atoms with Crippen LogP contribution in [0.2, 0.25) is 0 Å². The van der Waals surface area contributed by atoms with Gasteiger partial charge in [0.25, 0.3) is 0 Å². The van der Waals surface area contributed by atoms with Crippen LogP contribution in [0.5, 0.6) is 5.75 Å². The van der Waals surface area contributed by atoms with Crippen LogP contribution in [0, 0.1) is 5.82 Å². The molecule has 1 fully saturated rings. The molecule has 1 aliphatic heterocycles. The maximum atomic E-state index is 13.0. The van der Waals surface area contributed by atoms with E-state index < -0.39 is 17.4 Å². The highest BCUT2D eigenvalue weighted by molar-refractivity contribution is 5.81. The highest BCUT2D eigenvalue weighted by Gasteiger charge is 2.44. The standard InChI is InChI=1S/C19H19FN2O4/c20-15-3-5-16(6-4-15)26-19(18(24)25)7-10-22(11-8-19)17(23)12-14-2-1-9-21-13-14/h1-6,9,13H,7-8,10-12H2,(H,24,25). The van der Waals surface area contributed by atoms with Gasteiger partial charge in [-0.1, -0.05) is 6.07 Å². The van der Waals surface area contributed by atoms with Gasteiger partial charge in [-0.05, 0) is 35.9 Å². The monoisotopic (exact) mass is 358 g/mol. The SMILES string of the molecule is O=C(Cc1cccnc1)N1CCC(Oc2ccc(F)cc2)(C(=O)O)CC1. The zero-order chi connectivity index (χ0) is 18.6. The molecule has 0 spiro atoms. The van der Waals surface area contributed by atoms with E-state index in [1.54, 1.807) is 23.4 Å². The highest BCUT2D eigenvalue weighted by atomic mass is 19.1. The number of ether oxygens (including phenoxy) is 1. The number of nitrogens with zero attached hydrogens (tertiary/aromatic N) is 2. The van der Waals surface area contributed by atoms with Crippen LogP contribution in [-0.4, -0.2) is 45.6 Å². The second-order valence-corrected chi connectivity index (χ2v) is 6.27. The molecule has 0 aliphatic carbocycles. The summed E-state index contributed by atoms with van der Waals surface area (Å²) in [5, 5.41) is 9.65. The van der Waals surface area contributed by atoms with E-state index in [-0.39, 0.29) is 38.3 Å². The minimum Gasteiger partial charge on any atom is -0.478 e. The largest absolute Gasteiger partial charge is 0.478 e. The number of pyridine rings is 1. The highest BCUT2D eigenvalue weighted by Crippen LogP contribution is 2.29.